The van der Waals surface area contributed by atoms with E-state index in [0.717, 1.165) is 18.5 Å². The van der Waals surface area contributed by atoms with E-state index in [1.54, 1.807) is 0 Å². The predicted octanol–water partition coefficient (Wildman–Crippen LogP) is 2.18. The highest BCUT2D eigenvalue weighted by molar-refractivity contribution is 5.96. The molecule has 1 aromatic rings. The third-order valence-corrected chi connectivity index (χ3v) is 4.51. The van der Waals surface area contributed by atoms with E-state index < -0.39 is 0 Å². The van der Waals surface area contributed by atoms with Crippen LogP contribution in [0.25, 0.3) is 5.57 Å². The van der Waals surface area contributed by atoms with Crippen LogP contribution < -0.4 is 5.32 Å². The monoisotopic (exact) mass is 285 g/mol. The average Bonchev–Trinajstić information content (AvgIpc) is 2.98. The molecular formula is C17H23N3O. The number of hydrogen-bond donors (Lipinski definition) is 1. The lowest BCUT2D eigenvalue weighted by Crippen LogP contribution is -2.34. The van der Waals surface area contributed by atoms with Crippen LogP contribution in [0.2, 0.25) is 0 Å². The van der Waals surface area contributed by atoms with Crippen molar-refractivity contribution < 1.29 is 4.79 Å². The second-order valence-corrected chi connectivity index (χ2v) is 5.95. The number of nitrogens with one attached hydrogen (secondary N) is 1. The summed E-state index contributed by atoms with van der Waals surface area (Å²) in [6.07, 6.45) is 7.52. The highest BCUT2D eigenvalue weighted by Gasteiger charge is 2.24. The number of likely N-dealkylation sites (tertiary alicyclic amines) is 1. The summed E-state index contributed by atoms with van der Waals surface area (Å²) in [4.78, 5) is 18.9. The molecule has 3 heterocycles. The molecule has 0 spiro atoms. The molecule has 0 atom stereocenters. The highest BCUT2D eigenvalue weighted by atomic mass is 16.1. The maximum absolute atomic E-state index is 12.0. The normalized spacial score (nSPS) is 19.5. The molecule has 2 aliphatic heterocycles. The Balaban J connectivity index is 1.99. The van der Waals surface area contributed by atoms with Gasteiger partial charge in [-0.1, -0.05) is 6.08 Å². The molecule has 1 fully saturated rings. The molecule has 21 heavy (non-hydrogen) atoms. The lowest BCUT2D eigenvalue weighted by molar-refractivity contribution is 0.0940. The number of pyridine rings is 1. The first-order valence-corrected chi connectivity index (χ1v) is 7.85. The van der Waals surface area contributed by atoms with Crippen molar-refractivity contribution in [1.82, 2.24) is 15.2 Å². The molecule has 4 nitrogen and oxygen atoms in total. The van der Waals surface area contributed by atoms with E-state index in [1.165, 1.54) is 42.6 Å². The maximum atomic E-state index is 12.0. The number of amides is 1. The van der Waals surface area contributed by atoms with E-state index >= 15 is 0 Å². The summed E-state index contributed by atoms with van der Waals surface area (Å²) in [5.74, 6) is -0.0332. The van der Waals surface area contributed by atoms with Crippen molar-refractivity contribution in [3.8, 4) is 0 Å². The van der Waals surface area contributed by atoms with E-state index in [1.807, 2.05) is 6.20 Å². The number of aryl methyl sites for hydroxylation is 1. The minimum Gasteiger partial charge on any atom is -0.350 e. The number of rotatable bonds is 3. The first-order chi connectivity index (χ1) is 10.2. The fraction of sp³-hybridized carbons (Fsp3) is 0.529. The average molecular weight is 285 g/mol. The third-order valence-electron chi connectivity index (χ3n) is 4.51. The molecule has 1 aromatic heterocycles. The van der Waals surface area contributed by atoms with Crippen molar-refractivity contribution in [3.63, 3.8) is 0 Å². The van der Waals surface area contributed by atoms with E-state index in [2.05, 4.69) is 35.1 Å². The van der Waals surface area contributed by atoms with Crippen LogP contribution in [0.5, 0.6) is 0 Å². The summed E-state index contributed by atoms with van der Waals surface area (Å²) in [6.45, 7) is 8.26. The molecule has 0 aliphatic carbocycles. The Morgan fingerprint density at radius 3 is 2.90 bits per heavy atom. The summed E-state index contributed by atoms with van der Waals surface area (Å²) in [5.41, 5.74) is 5.51. The van der Waals surface area contributed by atoms with Crippen molar-refractivity contribution in [2.75, 3.05) is 26.2 Å². The first kappa shape index (κ1) is 14.3. The molecule has 0 bridgehead atoms. The minimum absolute atomic E-state index is 0.0332. The van der Waals surface area contributed by atoms with E-state index in [4.69, 9.17) is 0 Å². The van der Waals surface area contributed by atoms with Crippen molar-refractivity contribution in [2.45, 2.75) is 33.1 Å². The zero-order valence-corrected chi connectivity index (χ0v) is 12.9. The molecule has 1 N–H and O–H groups in total. The molecule has 2 aliphatic rings. The number of carbonyl (C=O) groups is 1. The Hall–Kier alpha value is -1.68. The molecule has 1 saturated heterocycles. The first-order valence-electron chi connectivity index (χ1n) is 7.85. The molecule has 3 rings (SSSR count). The lowest BCUT2D eigenvalue weighted by Gasteiger charge is -2.24. The molecule has 4 heteroatoms. The van der Waals surface area contributed by atoms with Crippen LogP contribution in [0, 0.1) is 6.92 Å². The van der Waals surface area contributed by atoms with Crippen molar-refractivity contribution >= 4 is 11.5 Å². The van der Waals surface area contributed by atoms with Crippen molar-refractivity contribution in [1.29, 1.82) is 0 Å². The summed E-state index contributed by atoms with van der Waals surface area (Å²) in [6, 6.07) is 0. The number of carbonyl (C=O) groups excluding carboxylic acids is 1. The third kappa shape index (κ3) is 2.72. The number of allylic oxidation sites excluding steroid dienone is 1. The quantitative estimate of drug-likeness (QED) is 0.926. The number of nitrogens with zero attached hydrogens (tertiary/aromatic N) is 2. The smallest absolute Gasteiger partial charge is 0.270 e. The van der Waals surface area contributed by atoms with Crippen LogP contribution in [0.1, 0.15) is 46.9 Å². The lowest BCUT2D eigenvalue weighted by atomic mass is 9.91. The van der Waals surface area contributed by atoms with Gasteiger partial charge in [-0.05, 0) is 68.5 Å². The molecule has 0 radical (unpaired) electrons. The van der Waals surface area contributed by atoms with Crippen LogP contribution >= 0.6 is 0 Å². The van der Waals surface area contributed by atoms with Gasteiger partial charge in [0.2, 0.25) is 0 Å². The fourth-order valence-corrected chi connectivity index (χ4v) is 3.43. The zero-order chi connectivity index (χ0) is 14.8. The van der Waals surface area contributed by atoms with Crippen LogP contribution in [0.4, 0.5) is 0 Å². The largest absolute Gasteiger partial charge is 0.350 e. The van der Waals surface area contributed by atoms with Crippen LogP contribution in [-0.4, -0.2) is 42.0 Å². The van der Waals surface area contributed by atoms with Gasteiger partial charge in [-0.15, -0.1) is 0 Å². The molecule has 0 unspecified atom stereocenters. The second-order valence-electron chi connectivity index (χ2n) is 5.95. The number of fused-ring (bicyclic) bond motifs is 1. The summed E-state index contributed by atoms with van der Waals surface area (Å²) in [5, 5.41) is 2.88. The van der Waals surface area contributed by atoms with Crippen LogP contribution in [-0.2, 0) is 6.42 Å². The Morgan fingerprint density at radius 1 is 1.43 bits per heavy atom. The van der Waals surface area contributed by atoms with Crippen LogP contribution in [0.15, 0.2) is 12.3 Å². The van der Waals surface area contributed by atoms with Gasteiger partial charge in [-0.3, -0.25) is 14.7 Å². The topological polar surface area (TPSA) is 45.2 Å². The Bertz CT molecular complexity index is 586. The van der Waals surface area contributed by atoms with E-state index in [0.29, 0.717) is 12.2 Å². The standard InChI is InChI=1S/C17H23N3O/c1-3-13(11-20-8-4-5-9-20)15-12(2)10-19-16-14(15)6-7-18-17(16)21/h3,10H,4-9,11H2,1-2H3,(H,18,21)/b13-3-. The second kappa shape index (κ2) is 5.98. The van der Waals surface area contributed by atoms with Crippen molar-refractivity contribution in [3.05, 3.63) is 34.7 Å². The van der Waals surface area contributed by atoms with Gasteiger partial charge in [-0.2, -0.15) is 0 Å². The summed E-state index contributed by atoms with van der Waals surface area (Å²) >= 11 is 0. The number of aromatic nitrogens is 1. The van der Waals surface area contributed by atoms with Gasteiger partial charge in [-0.25, -0.2) is 0 Å². The fourth-order valence-electron chi connectivity index (χ4n) is 3.43. The zero-order valence-electron chi connectivity index (χ0n) is 12.9. The van der Waals surface area contributed by atoms with Gasteiger partial charge in [0.25, 0.3) is 5.91 Å². The van der Waals surface area contributed by atoms with Gasteiger partial charge in [0, 0.05) is 19.3 Å². The SMILES string of the molecule is C/C=C(/CN1CCCC1)c1c(C)cnc2c1CCNC2=O. The van der Waals surface area contributed by atoms with Crippen molar-refractivity contribution in [2.24, 2.45) is 0 Å². The van der Waals surface area contributed by atoms with Gasteiger partial charge in [0.05, 0.1) is 0 Å². The van der Waals surface area contributed by atoms with Crippen LogP contribution in [0.3, 0.4) is 0 Å². The minimum atomic E-state index is -0.0332. The molecule has 1 amide bonds. The maximum Gasteiger partial charge on any atom is 0.270 e. The Morgan fingerprint density at radius 2 is 2.19 bits per heavy atom. The Kier molecular flexibility index (Phi) is 4.06. The molecule has 112 valence electrons. The van der Waals surface area contributed by atoms with E-state index in [9.17, 15) is 4.79 Å². The van der Waals surface area contributed by atoms with Gasteiger partial charge >= 0.3 is 0 Å². The molecule has 0 saturated carbocycles. The van der Waals surface area contributed by atoms with E-state index in [-0.39, 0.29) is 5.91 Å². The summed E-state index contributed by atoms with van der Waals surface area (Å²) < 4.78 is 0. The Labute approximate surface area is 126 Å². The van der Waals surface area contributed by atoms with Gasteiger partial charge in [0.15, 0.2) is 0 Å². The molecular weight excluding hydrogens is 262 g/mol. The predicted molar refractivity (Wildman–Crippen MR) is 84.3 cm³/mol. The highest BCUT2D eigenvalue weighted by Crippen LogP contribution is 2.28. The van der Waals surface area contributed by atoms with Gasteiger partial charge < -0.3 is 5.32 Å². The summed E-state index contributed by atoms with van der Waals surface area (Å²) in [7, 11) is 0. The number of hydrogen-bond acceptors (Lipinski definition) is 3. The van der Waals surface area contributed by atoms with Gasteiger partial charge in [0.1, 0.15) is 5.69 Å². The molecule has 0 aromatic carbocycles.